The Hall–Kier alpha value is -3.45. The SMILES string of the molecule is C=Cc1ccc(C(=O)NCC(C(=O)NC2(C)C(=O)COC2C)c2cccc(O)c2)cc1. The molecule has 0 spiro atoms. The lowest BCUT2D eigenvalue weighted by molar-refractivity contribution is -0.130. The molecule has 0 saturated carbocycles. The van der Waals surface area contributed by atoms with Gasteiger partial charge in [0.25, 0.3) is 5.91 Å². The lowest BCUT2D eigenvalue weighted by Gasteiger charge is -2.29. The molecule has 2 aromatic rings. The summed E-state index contributed by atoms with van der Waals surface area (Å²) >= 11 is 0. The molecule has 3 rings (SSSR count). The number of phenols is 1. The molecular weight excluding hydrogens is 396 g/mol. The van der Waals surface area contributed by atoms with Crippen molar-refractivity contribution in [3.05, 3.63) is 71.8 Å². The van der Waals surface area contributed by atoms with Gasteiger partial charge < -0.3 is 20.5 Å². The van der Waals surface area contributed by atoms with Crippen molar-refractivity contribution in [2.75, 3.05) is 13.2 Å². The lowest BCUT2D eigenvalue weighted by Crippen LogP contribution is -2.57. The molecule has 162 valence electrons. The van der Waals surface area contributed by atoms with Gasteiger partial charge >= 0.3 is 0 Å². The summed E-state index contributed by atoms with van der Waals surface area (Å²) < 4.78 is 5.38. The maximum Gasteiger partial charge on any atom is 0.251 e. The molecule has 0 bridgehead atoms. The number of amides is 2. The Morgan fingerprint density at radius 1 is 1.29 bits per heavy atom. The zero-order chi connectivity index (χ0) is 22.6. The predicted molar refractivity (Wildman–Crippen MR) is 117 cm³/mol. The van der Waals surface area contributed by atoms with Crippen LogP contribution in [0.2, 0.25) is 0 Å². The summed E-state index contributed by atoms with van der Waals surface area (Å²) in [5.41, 5.74) is 0.693. The normalized spacial score (nSPS) is 21.4. The fourth-order valence-electron chi connectivity index (χ4n) is 3.43. The first-order valence-electron chi connectivity index (χ1n) is 10.0. The Balaban J connectivity index is 1.79. The van der Waals surface area contributed by atoms with Gasteiger partial charge in [-0.25, -0.2) is 0 Å². The van der Waals surface area contributed by atoms with Gasteiger partial charge in [0, 0.05) is 12.1 Å². The maximum atomic E-state index is 13.2. The number of hydrogen-bond acceptors (Lipinski definition) is 5. The van der Waals surface area contributed by atoms with E-state index in [1.807, 2.05) is 0 Å². The number of nitrogens with one attached hydrogen (secondary N) is 2. The van der Waals surface area contributed by atoms with Crippen molar-refractivity contribution < 1.29 is 24.2 Å². The topological polar surface area (TPSA) is 105 Å². The average molecular weight is 422 g/mol. The highest BCUT2D eigenvalue weighted by Gasteiger charge is 2.47. The van der Waals surface area contributed by atoms with E-state index in [9.17, 15) is 19.5 Å². The highest BCUT2D eigenvalue weighted by Crippen LogP contribution is 2.26. The summed E-state index contributed by atoms with van der Waals surface area (Å²) in [5.74, 6) is -1.81. The predicted octanol–water partition coefficient (Wildman–Crippen LogP) is 2.41. The van der Waals surface area contributed by atoms with Crippen LogP contribution >= 0.6 is 0 Å². The number of ether oxygens (including phenoxy) is 1. The van der Waals surface area contributed by atoms with Crippen LogP contribution in [0.3, 0.4) is 0 Å². The second kappa shape index (κ2) is 9.14. The van der Waals surface area contributed by atoms with Crippen LogP contribution in [0.15, 0.2) is 55.1 Å². The lowest BCUT2D eigenvalue weighted by atomic mass is 9.90. The largest absolute Gasteiger partial charge is 0.508 e. The van der Waals surface area contributed by atoms with E-state index in [0.29, 0.717) is 11.1 Å². The summed E-state index contributed by atoms with van der Waals surface area (Å²) in [5, 5.41) is 15.4. The molecule has 3 N–H and O–H groups in total. The van der Waals surface area contributed by atoms with E-state index in [4.69, 9.17) is 4.74 Å². The van der Waals surface area contributed by atoms with Crippen molar-refractivity contribution in [2.45, 2.75) is 31.4 Å². The Bertz CT molecular complexity index is 1000. The second-order valence-electron chi connectivity index (χ2n) is 7.75. The molecule has 7 heteroatoms. The number of phenolic OH excluding ortho intramolecular Hbond substituents is 1. The minimum Gasteiger partial charge on any atom is -0.508 e. The van der Waals surface area contributed by atoms with Gasteiger partial charge in [0.15, 0.2) is 5.78 Å². The maximum absolute atomic E-state index is 13.2. The van der Waals surface area contributed by atoms with Crippen LogP contribution in [0.1, 0.15) is 41.3 Å². The number of ketones is 1. The Morgan fingerprint density at radius 2 is 2.00 bits per heavy atom. The second-order valence-corrected chi connectivity index (χ2v) is 7.75. The Morgan fingerprint density at radius 3 is 2.58 bits per heavy atom. The number of carbonyl (C=O) groups is 3. The molecule has 2 aromatic carbocycles. The van der Waals surface area contributed by atoms with Gasteiger partial charge in [-0.05, 0) is 49.2 Å². The standard InChI is InChI=1S/C24H26N2O5/c1-4-16-8-10-17(11-9-16)22(29)25-13-20(18-6-5-7-19(27)12-18)23(30)26-24(3)15(2)31-14-21(24)28/h4-12,15,20,27H,1,13-14H2,2-3H3,(H,25,29)(H,26,30). The molecule has 7 nitrogen and oxygen atoms in total. The van der Waals surface area contributed by atoms with Gasteiger partial charge in [0.1, 0.15) is 17.9 Å². The van der Waals surface area contributed by atoms with E-state index in [1.165, 1.54) is 12.1 Å². The average Bonchev–Trinajstić information content (AvgIpc) is 3.00. The van der Waals surface area contributed by atoms with Crippen LogP contribution in [0.4, 0.5) is 0 Å². The molecule has 1 saturated heterocycles. The smallest absolute Gasteiger partial charge is 0.251 e. The van der Waals surface area contributed by atoms with Crippen LogP contribution in [-0.2, 0) is 14.3 Å². The van der Waals surface area contributed by atoms with Crippen LogP contribution in [-0.4, -0.2) is 47.5 Å². The van der Waals surface area contributed by atoms with Crippen LogP contribution in [0.25, 0.3) is 6.08 Å². The van der Waals surface area contributed by atoms with Gasteiger partial charge in [-0.1, -0.05) is 36.9 Å². The summed E-state index contributed by atoms with van der Waals surface area (Å²) in [4.78, 5) is 38.1. The summed E-state index contributed by atoms with van der Waals surface area (Å²) in [6.07, 6.45) is 1.20. The molecule has 2 amide bonds. The minimum absolute atomic E-state index is 0.00139. The van der Waals surface area contributed by atoms with Crippen LogP contribution in [0, 0.1) is 0 Å². The summed E-state index contributed by atoms with van der Waals surface area (Å²) in [6.45, 7) is 6.96. The quantitative estimate of drug-likeness (QED) is 0.636. The van der Waals surface area contributed by atoms with Crippen molar-refractivity contribution in [1.82, 2.24) is 10.6 Å². The molecule has 1 fully saturated rings. The first-order valence-corrected chi connectivity index (χ1v) is 10.0. The van der Waals surface area contributed by atoms with Crippen molar-refractivity contribution in [2.24, 2.45) is 0 Å². The summed E-state index contributed by atoms with van der Waals surface area (Å²) in [7, 11) is 0. The molecular formula is C24H26N2O5. The number of Topliss-reactive ketones (excluding diaryl/α,β-unsaturated/α-hetero) is 1. The van der Waals surface area contributed by atoms with Gasteiger partial charge in [-0.2, -0.15) is 0 Å². The third-order valence-corrected chi connectivity index (χ3v) is 5.70. The molecule has 1 aliphatic rings. The molecule has 3 atom stereocenters. The first-order chi connectivity index (χ1) is 14.7. The van der Waals surface area contributed by atoms with E-state index in [0.717, 1.165) is 5.56 Å². The Labute approximate surface area is 181 Å². The van der Waals surface area contributed by atoms with Gasteiger partial charge in [-0.15, -0.1) is 0 Å². The van der Waals surface area contributed by atoms with E-state index in [2.05, 4.69) is 17.2 Å². The molecule has 1 aliphatic heterocycles. The molecule has 0 aliphatic carbocycles. The minimum atomic E-state index is -1.16. The van der Waals surface area contributed by atoms with Crippen molar-refractivity contribution >= 4 is 23.7 Å². The zero-order valence-corrected chi connectivity index (χ0v) is 17.6. The highest BCUT2D eigenvalue weighted by molar-refractivity contribution is 5.98. The third-order valence-electron chi connectivity index (χ3n) is 5.70. The van der Waals surface area contributed by atoms with E-state index in [1.54, 1.807) is 56.3 Å². The van der Waals surface area contributed by atoms with Crippen LogP contribution in [0.5, 0.6) is 5.75 Å². The highest BCUT2D eigenvalue weighted by atomic mass is 16.5. The number of carbonyl (C=O) groups excluding carboxylic acids is 3. The molecule has 3 unspecified atom stereocenters. The fraction of sp³-hybridized carbons (Fsp3) is 0.292. The number of benzene rings is 2. The molecule has 0 aromatic heterocycles. The van der Waals surface area contributed by atoms with E-state index in [-0.39, 0.29) is 30.6 Å². The number of rotatable bonds is 7. The molecule has 0 radical (unpaired) electrons. The fourth-order valence-corrected chi connectivity index (χ4v) is 3.43. The monoisotopic (exact) mass is 422 g/mol. The van der Waals surface area contributed by atoms with Crippen LogP contribution < -0.4 is 10.6 Å². The number of aromatic hydroxyl groups is 1. The van der Waals surface area contributed by atoms with E-state index < -0.39 is 23.5 Å². The van der Waals surface area contributed by atoms with Crippen molar-refractivity contribution in [1.29, 1.82) is 0 Å². The van der Waals surface area contributed by atoms with Crippen molar-refractivity contribution in [3.63, 3.8) is 0 Å². The zero-order valence-electron chi connectivity index (χ0n) is 17.6. The van der Waals surface area contributed by atoms with Crippen molar-refractivity contribution in [3.8, 4) is 5.75 Å². The van der Waals surface area contributed by atoms with Gasteiger partial charge in [0.05, 0.1) is 12.0 Å². The summed E-state index contributed by atoms with van der Waals surface area (Å²) in [6, 6.07) is 13.2. The number of hydrogen-bond donors (Lipinski definition) is 3. The molecule has 1 heterocycles. The first kappa shape index (κ1) is 22.2. The van der Waals surface area contributed by atoms with Gasteiger partial charge in [-0.3, -0.25) is 14.4 Å². The third kappa shape index (κ3) is 4.83. The van der Waals surface area contributed by atoms with E-state index >= 15 is 0 Å². The molecule has 31 heavy (non-hydrogen) atoms. The van der Waals surface area contributed by atoms with Gasteiger partial charge in [0.2, 0.25) is 5.91 Å². The Kier molecular flexibility index (Phi) is 6.56.